The minimum absolute atomic E-state index is 0.0148. The number of nitrogens with one attached hydrogen (secondary N) is 1. The molecule has 1 aliphatic carbocycles. The van der Waals surface area contributed by atoms with Crippen molar-refractivity contribution in [2.45, 2.75) is 24.6 Å². The number of carbonyl (C=O) groups is 2. The Balaban J connectivity index is 1.28. The summed E-state index contributed by atoms with van der Waals surface area (Å²) in [6, 6.07) is 6.47. The molecule has 1 saturated carbocycles. The SMILES string of the molecule is O=C(C1CCC1)N1CC[NH+](CCN2C(=O)CS[C@H]2c2ccc(F)cc2)CC1. The van der Waals surface area contributed by atoms with Gasteiger partial charge in [0.1, 0.15) is 11.2 Å². The number of benzene rings is 1. The van der Waals surface area contributed by atoms with E-state index in [2.05, 4.69) is 0 Å². The van der Waals surface area contributed by atoms with Crippen LogP contribution in [0.1, 0.15) is 30.2 Å². The Labute approximate surface area is 163 Å². The Morgan fingerprint density at radius 1 is 1.19 bits per heavy atom. The van der Waals surface area contributed by atoms with Gasteiger partial charge in [-0.25, -0.2) is 4.39 Å². The highest BCUT2D eigenvalue weighted by atomic mass is 32.2. The van der Waals surface area contributed by atoms with Gasteiger partial charge in [0.25, 0.3) is 0 Å². The maximum absolute atomic E-state index is 13.2. The monoisotopic (exact) mass is 392 g/mol. The molecule has 27 heavy (non-hydrogen) atoms. The number of thioether (sulfide) groups is 1. The molecular formula is C20H27FN3O2S+. The predicted octanol–water partition coefficient (Wildman–Crippen LogP) is 0.927. The first-order valence-electron chi connectivity index (χ1n) is 9.91. The number of rotatable bonds is 5. The lowest BCUT2D eigenvalue weighted by Gasteiger charge is -2.37. The van der Waals surface area contributed by atoms with Crippen LogP contribution < -0.4 is 4.90 Å². The smallest absolute Gasteiger partial charge is 0.234 e. The minimum atomic E-state index is -0.251. The first kappa shape index (κ1) is 18.7. The molecule has 0 radical (unpaired) electrons. The lowest BCUT2D eigenvalue weighted by atomic mass is 9.84. The number of hydrogen-bond acceptors (Lipinski definition) is 3. The summed E-state index contributed by atoms with van der Waals surface area (Å²) < 4.78 is 13.2. The minimum Gasteiger partial charge on any atom is -0.331 e. The van der Waals surface area contributed by atoms with Crippen LogP contribution in [-0.4, -0.2) is 66.6 Å². The van der Waals surface area contributed by atoms with Crippen LogP contribution in [0.3, 0.4) is 0 Å². The highest BCUT2D eigenvalue weighted by molar-refractivity contribution is 8.00. The highest BCUT2D eigenvalue weighted by Crippen LogP contribution is 2.38. The van der Waals surface area contributed by atoms with Crippen molar-refractivity contribution >= 4 is 23.6 Å². The third-order valence-electron chi connectivity index (χ3n) is 6.07. The van der Waals surface area contributed by atoms with Crippen molar-refractivity contribution in [1.82, 2.24) is 9.80 Å². The average Bonchev–Trinajstić information content (AvgIpc) is 3.00. The average molecular weight is 393 g/mol. The van der Waals surface area contributed by atoms with Crippen LogP contribution in [0.4, 0.5) is 4.39 Å². The topological polar surface area (TPSA) is 45.1 Å². The third-order valence-corrected chi connectivity index (χ3v) is 7.32. The lowest BCUT2D eigenvalue weighted by Crippen LogP contribution is -3.15. The number of amides is 2. The molecule has 0 aromatic heterocycles. The summed E-state index contributed by atoms with van der Waals surface area (Å²) in [7, 11) is 0. The molecule has 2 saturated heterocycles. The second-order valence-electron chi connectivity index (χ2n) is 7.76. The molecule has 4 rings (SSSR count). The molecule has 1 N–H and O–H groups in total. The Kier molecular flexibility index (Phi) is 5.68. The van der Waals surface area contributed by atoms with E-state index in [4.69, 9.17) is 0 Å². The zero-order chi connectivity index (χ0) is 18.8. The first-order chi connectivity index (χ1) is 13.1. The molecule has 0 unspecified atom stereocenters. The summed E-state index contributed by atoms with van der Waals surface area (Å²) in [5, 5.41) is -0.0148. The van der Waals surface area contributed by atoms with Gasteiger partial charge in [0.05, 0.1) is 45.0 Å². The van der Waals surface area contributed by atoms with Gasteiger partial charge in [0.15, 0.2) is 0 Å². The van der Waals surface area contributed by atoms with Crippen molar-refractivity contribution in [2.75, 3.05) is 45.0 Å². The molecule has 1 aromatic carbocycles. The van der Waals surface area contributed by atoms with E-state index in [9.17, 15) is 14.0 Å². The second-order valence-corrected chi connectivity index (χ2v) is 8.82. The molecule has 7 heteroatoms. The molecule has 2 aliphatic heterocycles. The molecule has 2 amide bonds. The van der Waals surface area contributed by atoms with E-state index in [0.29, 0.717) is 18.2 Å². The summed E-state index contributed by atoms with van der Waals surface area (Å²) in [6.45, 7) is 5.17. The summed E-state index contributed by atoms with van der Waals surface area (Å²) in [5.41, 5.74) is 0.984. The van der Waals surface area contributed by atoms with Gasteiger partial charge in [-0.05, 0) is 30.5 Å². The normalized spacial score (nSPS) is 24.3. The van der Waals surface area contributed by atoms with Crippen LogP contribution in [0.25, 0.3) is 0 Å². The van der Waals surface area contributed by atoms with Gasteiger partial charge < -0.3 is 14.7 Å². The van der Waals surface area contributed by atoms with Crippen LogP contribution in [-0.2, 0) is 9.59 Å². The van der Waals surface area contributed by atoms with E-state index in [0.717, 1.165) is 51.1 Å². The summed E-state index contributed by atoms with van der Waals surface area (Å²) in [5.74, 6) is 1.03. The third kappa shape index (κ3) is 4.14. The summed E-state index contributed by atoms with van der Waals surface area (Å²) >= 11 is 1.61. The Morgan fingerprint density at radius 3 is 2.52 bits per heavy atom. The van der Waals surface area contributed by atoms with Gasteiger partial charge in [0.2, 0.25) is 11.8 Å². The Hall–Kier alpha value is -1.60. The van der Waals surface area contributed by atoms with Crippen LogP contribution in [0.15, 0.2) is 24.3 Å². The largest absolute Gasteiger partial charge is 0.331 e. The van der Waals surface area contributed by atoms with Gasteiger partial charge in [0, 0.05) is 5.92 Å². The number of quaternary nitrogens is 1. The zero-order valence-electron chi connectivity index (χ0n) is 15.5. The van der Waals surface area contributed by atoms with Gasteiger partial charge in [-0.3, -0.25) is 9.59 Å². The van der Waals surface area contributed by atoms with Crippen molar-refractivity contribution in [2.24, 2.45) is 5.92 Å². The van der Waals surface area contributed by atoms with E-state index < -0.39 is 0 Å². The molecule has 1 aromatic rings. The molecule has 1 atom stereocenters. The number of hydrogen-bond donors (Lipinski definition) is 1. The van der Waals surface area contributed by atoms with Gasteiger partial charge in [-0.1, -0.05) is 18.6 Å². The maximum atomic E-state index is 13.2. The fourth-order valence-corrected chi connectivity index (χ4v) is 5.30. The Morgan fingerprint density at radius 2 is 1.89 bits per heavy atom. The van der Waals surface area contributed by atoms with Crippen LogP contribution in [0, 0.1) is 11.7 Å². The number of nitrogens with zero attached hydrogens (tertiary/aromatic N) is 2. The number of carbonyl (C=O) groups excluding carboxylic acids is 2. The first-order valence-corrected chi connectivity index (χ1v) is 11.0. The van der Waals surface area contributed by atoms with E-state index in [-0.39, 0.29) is 23.0 Å². The molecule has 5 nitrogen and oxygen atoms in total. The van der Waals surface area contributed by atoms with Crippen LogP contribution in [0.5, 0.6) is 0 Å². The van der Waals surface area contributed by atoms with Crippen molar-refractivity contribution in [1.29, 1.82) is 0 Å². The predicted molar refractivity (Wildman–Crippen MR) is 103 cm³/mol. The molecule has 146 valence electrons. The maximum Gasteiger partial charge on any atom is 0.234 e. The fraction of sp³-hybridized carbons (Fsp3) is 0.600. The van der Waals surface area contributed by atoms with E-state index in [1.54, 1.807) is 23.9 Å². The van der Waals surface area contributed by atoms with Crippen molar-refractivity contribution < 1.29 is 18.9 Å². The van der Waals surface area contributed by atoms with E-state index >= 15 is 0 Å². The summed E-state index contributed by atoms with van der Waals surface area (Å²) in [6.07, 6.45) is 3.32. The quantitative estimate of drug-likeness (QED) is 0.811. The number of halogens is 1. The van der Waals surface area contributed by atoms with Crippen molar-refractivity contribution in [3.8, 4) is 0 Å². The summed E-state index contributed by atoms with van der Waals surface area (Å²) in [4.78, 5) is 30.1. The standard InChI is InChI=1S/C20H26FN3O2S/c21-17-6-4-16(5-7-17)20-24(18(25)14-27-20)13-10-22-8-11-23(12-9-22)19(26)15-2-1-3-15/h4-7,15,20H,1-3,8-14H2/p+1/t20-/m0/s1. The molecule has 3 aliphatic rings. The Bertz CT molecular complexity index is 687. The molecule has 2 heterocycles. The van der Waals surface area contributed by atoms with Crippen LogP contribution >= 0.6 is 11.8 Å². The van der Waals surface area contributed by atoms with E-state index in [1.807, 2.05) is 9.80 Å². The highest BCUT2D eigenvalue weighted by Gasteiger charge is 2.35. The van der Waals surface area contributed by atoms with Crippen LogP contribution in [0.2, 0.25) is 0 Å². The van der Waals surface area contributed by atoms with Gasteiger partial charge in [-0.2, -0.15) is 0 Å². The van der Waals surface area contributed by atoms with E-state index in [1.165, 1.54) is 23.5 Å². The molecule has 0 spiro atoms. The number of piperazine rings is 1. The van der Waals surface area contributed by atoms with Gasteiger partial charge >= 0.3 is 0 Å². The lowest BCUT2D eigenvalue weighted by molar-refractivity contribution is -0.903. The molecule has 0 bridgehead atoms. The molecular weight excluding hydrogens is 365 g/mol. The van der Waals surface area contributed by atoms with Crippen molar-refractivity contribution in [3.05, 3.63) is 35.6 Å². The fourth-order valence-electron chi connectivity index (χ4n) is 4.08. The zero-order valence-corrected chi connectivity index (χ0v) is 16.3. The van der Waals surface area contributed by atoms with Gasteiger partial charge in [-0.15, -0.1) is 11.8 Å². The van der Waals surface area contributed by atoms with Crippen molar-refractivity contribution in [3.63, 3.8) is 0 Å². The second kappa shape index (κ2) is 8.19. The molecule has 3 fully saturated rings.